The number of halogens is 2. The van der Waals surface area contributed by atoms with E-state index < -0.39 is 27.8 Å². The summed E-state index contributed by atoms with van der Waals surface area (Å²) in [4.78, 5) is 22.1. The van der Waals surface area contributed by atoms with E-state index in [1.54, 1.807) is 0 Å². The number of rotatable bonds is 4. The Morgan fingerprint density at radius 3 is 2.64 bits per heavy atom. The fourth-order valence-electron chi connectivity index (χ4n) is 2.68. The third-order valence-electron chi connectivity index (χ3n) is 4.00. The third kappa shape index (κ3) is 3.91. The fraction of sp³-hybridized carbons (Fsp3) is 0.462. The van der Waals surface area contributed by atoms with Gasteiger partial charge in [-0.3, -0.25) is 4.79 Å². The molecule has 3 rings (SSSR count). The Morgan fingerprint density at radius 2 is 2.04 bits per heavy atom. The number of nitrogens with zero attached hydrogens (tertiary/aromatic N) is 3. The van der Waals surface area contributed by atoms with Crippen LogP contribution in [-0.2, 0) is 10.2 Å². The highest BCUT2D eigenvalue weighted by molar-refractivity contribution is 7.86. The summed E-state index contributed by atoms with van der Waals surface area (Å²) in [5.41, 5.74) is -1.38. The molecule has 0 atom stereocenters. The molecule has 1 fully saturated rings. The van der Waals surface area contributed by atoms with Crippen LogP contribution in [-0.4, -0.2) is 46.8 Å². The molecule has 1 aliphatic heterocycles. The maximum absolute atomic E-state index is 12.7. The summed E-state index contributed by atoms with van der Waals surface area (Å²) in [7, 11) is -3.69. The number of alkyl halides is 2. The van der Waals surface area contributed by atoms with Gasteiger partial charge in [-0.15, -0.1) is 0 Å². The van der Waals surface area contributed by atoms with E-state index in [2.05, 4.69) is 20.3 Å². The predicted octanol–water partition coefficient (Wildman–Crippen LogP) is 0.336. The molecular formula is C13H16F2N6O3S. The van der Waals surface area contributed by atoms with E-state index in [9.17, 15) is 22.0 Å². The number of piperidine rings is 1. The summed E-state index contributed by atoms with van der Waals surface area (Å²) in [6.45, 7) is 0.553. The normalized spacial score (nSPS) is 17.3. The van der Waals surface area contributed by atoms with Gasteiger partial charge < -0.3 is 10.3 Å². The standard InChI is InChI=1S/C13H16F2N6O3S/c14-10(15)9-5-7-6-17-13(20-11(7)19-12(9)22)18-8-1-3-21(4-2-8)25(16,23)24/h5-6,8,10H,1-4H2,(H2,16,23,24)(H2,17,18,19,20,22). The smallest absolute Gasteiger partial charge is 0.276 e. The van der Waals surface area contributed by atoms with Gasteiger partial charge in [0.15, 0.2) is 0 Å². The van der Waals surface area contributed by atoms with Crippen LogP contribution in [0.25, 0.3) is 11.0 Å². The van der Waals surface area contributed by atoms with Crippen molar-refractivity contribution in [2.75, 3.05) is 18.4 Å². The highest BCUT2D eigenvalue weighted by Crippen LogP contribution is 2.19. The van der Waals surface area contributed by atoms with Gasteiger partial charge in [-0.2, -0.15) is 17.7 Å². The Kier molecular flexibility index (Phi) is 4.67. The molecule has 9 nitrogen and oxygen atoms in total. The molecule has 1 aliphatic rings. The summed E-state index contributed by atoms with van der Waals surface area (Å²) >= 11 is 0. The molecule has 3 heterocycles. The van der Waals surface area contributed by atoms with Crippen molar-refractivity contribution in [3.63, 3.8) is 0 Å². The number of aromatic amines is 1. The van der Waals surface area contributed by atoms with Gasteiger partial charge in [-0.05, 0) is 18.9 Å². The van der Waals surface area contributed by atoms with Crippen molar-refractivity contribution in [3.8, 4) is 0 Å². The van der Waals surface area contributed by atoms with Gasteiger partial charge >= 0.3 is 0 Å². The molecule has 0 aliphatic carbocycles. The Bertz CT molecular complexity index is 940. The van der Waals surface area contributed by atoms with E-state index >= 15 is 0 Å². The Hall–Kier alpha value is -2.18. The van der Waals surface area contributed by atoms with Crippen LogP contribution < -0.4 is 16.0 Å². The molecule has 136 valence electrons. The lowest BCUT2D eigenvalue weighted by atomic mass is 10.1. The lowest BCUT2D eigenvalue weighted by Crippen LogP contribution is -2.45. The van der Waals surface area contributed by atoms with Crippen molar-refractivity contribution in [2.45, 2.75) is 25.3 Å². The molecule has 4 N–H and O–H groups in total. The van der Waals surface area contributed by atoms with E-state index in [-0.39, 0.29) is 30.7 Å². The lowest BCUT2D eigenvalue weighted by Gasteiger charge is -2.30. The predicted molar refractivity (Wildman–Crippen MR) is 86.4 cm³/mol. The summed E-state index contributed by atoms with van der Waals surface area (Å²) in [5.74, 6) is 0.224. The maximum atomic E-state index is 12.7. The number of hydrogen-bond donors (Lipinski definition) is 3. The van der Waals surface area contributed by atoms with Gasteiger partial charge in [0.25, 0.3) is 22.2 Å². The lowest BCUT2D eigenvalue weighted by molar-refractivity contribution is 0.150. The van der Waals surface area contributed by atoms with Gasteiger partial charge in [0.1, 0.15) is 5.65 Å². The van der Waals surface area contributed by atoms with Crippen molar-refractivity contribution in [3.05, 3.63) is 28.2 Å². The molecule has 0 amide bonds. The van der Waals surface area contributed by atoms with Crippen LogP contribution in [0.15, 0.2) is 17.1 Å². The van der Waals surface area contributed by atoms with Gasteiger partial charge in [0, 0.05) is 30.7 Å². The highest BCUT2D eigenvalue weighted by atomic mass is 32.2. The molecule has 0 radical (unpaired) electrons. The van der Waals surface area contributed by atoms with Crippen LogP contribution >= 0.6 is 0 Å². The average Bonchev–Trinajstić information content (AvgIpc) is 2.53. The largest absolute Gasteiger partial charge is 0.351 e. The zero-order valence-electron chi connectivity index (χ0n) is 12.9. The molecule has 1 saturated heterocycles. The first-order valence-corrected chi connectivity index (χ1v) is 8.97. The van der Waals surface area contributed by atoms with Crippen LogP contribution in [0, 0.1) is 0 Å². The summed E-state index contributed by atoms with van der Waals surface area (Å²) in [6, 6.07) is 0.996. The maximum Gasteiger partial charge on any atom is 0.276 e. The average molecular weight is 374 g/mol. The topological polar surface area (TPSA) is 134 Å². The monoisotopic (exact) mass is 374 g/mol. The SMILES string of the molecule is NS(=O)(=O)N1CCC(Nc2ncc3cc(C(F)F)c(=O)[nH]c3n2)CC1. The van der Waals surface area contributed by atoms with Crippen molar-refractivity contribution < 1.29 is 17.2 Å². The van der Waals surface area contributed by atoms with Crippen molar-refractivity contribution >= 4 is 27.2 Å². The second-order valence-corrected chi connectivity index (χ2v) is 7.26. The van der Waals surface area contributed by atoms with Gasteiger partial charge in [0.05, 0.1) is 5.56 Å². The molecule has 2 aromatic rings. The zero-order valence-corrected chi connectivity index (χ0v) is 13.8. The second-order valence-electron chi connectivity index (χ2n) is 5.71. The number of aromatic nitrogens is 3. The fourth-order valence-corrected chi connectivity index (χ4v) is 3.40. The summed E-state index contributed by atoms with van der Waals surface area (Å²) in [5, 5.41) is 8.43. The van der Waals surface area contributed by atoms with Crippen LogP contribution in [0.2, 0.25) is 0 Å². The van der Waals surface area contributed by atoms with E-state index in [1.165, 1.54) is 10.5 Å². The summed E-state index contributed by atoms with van der Waals surface area (Å²) in [6.07, 6.45) is -0.515. The van der Waals surface area contributed by atoms with E-state index in [0.29, 0.717) is 18.2 Å². The Morgan fingerprint density at radius 1 is 1.36 bits per heavy atom. The molecule has 0 spiro atoms. The molecule has 25 heavy (non-hydrogen) atoms. The van der Waals surface area contributed by atoms with Crippen LogP contribution in [0.4, 0.5) is 14.7 Å². The van der Waals surface area contributed by atoms with Crippen molar-refractivity contribution in [1.82, 2.24) is 19.3 Å². The van der Waals surface area contributed by atoms with E-state index in [4.69, 9.17) is 5.14 Å². The number of anilines is 1. The number of hydrogen-bond acceptors (Lipinski definition) is 6. The van der Waals surface area contributed by atoms with Gasteiger partial charge in [0.2, 0.25) is 5.95 Å². The van der Waals surface area contributed by atoms with Crippen LogP contribution in [0.3, 0.4) is 0 Å². The first-order valence-electron chi connectivity index (χ1n) is 7.46. The minimum absolute atomic E-state index is 0.0671. The van der Waals surface area contributed by atoms with Crippen LogP contribution in [0.5, 0.6) is 0 Å². The first kappa shape index (κ1) is 17.6. The molecule has 0 saturated carbocycles. The van der Waals surface area contributed by atoms with Gasteiger partial charge in [-0.1, -0.05) is 0 Å². The molecule has 12 heteroatoms. The number of pyridine rings is 1. The van der Waals surface area contributed by atoms with E-state index in [1.807, 2.05) is 0 Å². The minimum Gasteiger partial charge on any atom is -0.351 e. The molecule has 0 unspecified atom stereocenters. The van der Waals surface area contributed by atoms with Crippen molar-refractivity contribution in [1.29, 1.82) is 0 Å². The molecular weight excluding hydrogens is 358 g/mol. The molecule has 0 aromatic carbocycles. The molecule has 0 bridgehead atoms. The quantitative estimate of drug-likeness (QED) is 0.706. The number of H-pyrrole nitrogens is 1. The minimum atomic E-state index is -3.69. The van der Waals surface area contributed by atoms with E-state index in [0.717, 1.165) is 6.07 Å². The number of nitrogens with one attached hydrogen (secondary N) is 2. The Balaban J connectivity index is 1.75. The Labute approximate surface area is 141 Å². The summed E-state index contributed by atoms with van der Waals surface area (Å²) < 4.78 is 49.2. The zero-order chi connectivity index (χ0) is 18.2. The highest BCUT2D eigenvalue weighted by Gasteiger charge is 2.25. The van der Waals surface area contributed by atoms with Crippen molar-refractivity contribution in [2.24, 2.45) is 5.14 Å². The molecule has 2 aromatic heterocycles. The third-order valence-corrected chi connectivity index (χ3v) is 5.09. The number of nitrogens with two attached hydrogens (primary N) is 1. The first-order chi connectivity index (χ1) is 11.7. The van der Waals surface area contributed by atoms with Gasteiger partial charge in [-0.25, -0.2) is 18.9 Å². The van der Waals surface area contributed by atoms with Crippen LogP contribution in [0.1, 0.15) is 24.8 Å². The second kappa shape index (κ2) is 6.61. The number of fused-ring (bicyclic) bond motifs is 1.